The number of hydrogen-bond donors (Lipinski definition) is 2. The summed E-state index contributed by atoms with van der Waals surface area (Å²) in [6.07, 6.45) is 3.28. The van der Waals surface area contributed by atoms with Crippen molar-refractivity contribution in [1.29, 1.82) is 0 Å². The van der Waals surface area contributed by atoms with Gasteiger partial charge in [-0.15, -0.1) is 0 Å². The van der Waals surface area contributed by atoms with E-state index in [2.05, 4.69) is 10.2 Å². The first-order valence-corrected chi connectivity index (χ1v) is 9.38. The SMILES string of the molecule is COc1cc(CNC(=O)N2CCCC[C@H]2CN2CCOCC2)ccc1O. The molecule has 1 atom stereocenters. The molecule has 0 saturated carbocycles. The van der Waals surface area contributed by atoms with Crippen molar-refractivity contribution in [1.82, 2.24) is 15.1 Å². The van der Waals surface area contributed by atoms with Gasteiger partial charge in [-0.05, 0) is 37.0 Å². The first-order valence-electron chi connectivity index (χ1n) is 9.38. The van der Waals surface area contributed by atoms with Crippen LogP contribution in [0.3, 0.4) is 0 Å². The molecule has 3 rings (SSSR count). The molecule has 7 nitrogen and oxygen atoms in total. The second-order valence-electron chi connectivity index (χ2n) is 6.92. The molecular weight excluding hydrogens is 334 g/mol. The van der Waals surface area contributed by atoms with Crippen LogP contribution in [0.15, 0.2) is 18.2 Å². The molecule has 2 N–H and O–H groups in total. The molecule has 0 unspecified atom stereocenters. The van der Waals surface area contributed by atoms with E-state index >= 15 is 0 Å². The zero-order valence-electron chi connectivity index (χ0n) is 15.4. The molecule has 144 valence electrons. The van der Waals surface area contributed by atoms with Gasteiger partial charge in [0.05, 0.1) is 20.3 Å². The molecule has 2 aliphatic heterocycles. The summed E-state index contributed by atoms with van der Waals surface area (Å²) in [5, 5.41) is 12.7. The fourth-order valence-electron chi connectivity index (χ4n) is 3.65. The predicted molar refractivity (Wildman–Crippen MR) is 98.5 cm³/mol. The van der Waals surface area contributed by atoms with E-state index in [9.17, 15) is 9.90 Å². The lowest BCUT2D eigenvalue weighted by Gasteiger charge is -2.39. The minimum atomic E-state index is -0.0185. The lowest BCUT2D eigenvalue weighted by atomic mass is 10.0. The van der Waals surface area contributed by atoms with Gasteiger partial charge in [-0.3, -0.25) is 4.90 Å². The van der Waals surface area contributed by atoms with Crippen LogP contribution >= 0.6 is 0 Å². The molecule has 2 fully saturated rings. The van der Waals surface area contributed by atoms with Gasteiger partial charge in [0.1, 0.15) is 0 Å². The highest BCUT2D eigenvalue weighted by Gasteiger charge is 2.28. The number of nitrogens with one attached hydrogen (secondary N) is 1. The molecule has 7 heteroatoms. The molecule has 0 radical (unpaired) electrons. The van der Waals surface area contributed by atoms with E-state index in [0.29, 0.717) is 12.3 Å². The number of piperidine rings is 1. The number of nitrogens with zero attached hydrogens (tertiary/aromatic N) is 2. The Hall–Kier alpha value is -1.99. The van der Waals surface area contributed by atoms with Gasteiger partial charge in [0.25, 0.3) is 0 Å². The molecule has 0 spiro atoms. The lowest BCUT2D eigenvalue weighted by Crippen LogP contribution is -2.53. The fourth-order valence-corrected chi connectivity index (χ4v) is 3.65. The number of morpholine rings is 1. The number of likely N-dealkylation sites (tertiary alicyclic amines) is 1. The molecule has 0 aromatic heterocycles. The quantitative estimate of drug-likeness (QED) is 0.834. The molecule has 1 aromatic rings. The number of ether oxygens (including phenoxy) is 2. The van der Waals surface area contributed by atoms with Crippen LogP contribution in [0, 0.1) is 0 Å². The van der Waals surface area contributed by atoms with Crippen molar-refractivity contribution in [2.24, 2.45) is 0 Å². The van der Waals surface area contributed by atoms with Gasteiger partial charge in [0, 0.05) is 38.8 Å². The van der Waals surface area contributed by atoms with Crippen LogP contribution in [0.2, 0.25) is 0 Å². The second kappa shape index (κ2) is 9.09. The highest BCUT2D eigenvalue weighted by molar-refractivity contribution is 5.74. The summed E-state index contributed by atoms with van der Waals surface area (Å²) in [7, 11) is 1.52. The largest absolute Gasteiger partial charge is 0.504 e. The lowest BCUT2D eigenvalue weighted by molar-refractivity contribution is 0.0221. The number of hydrogen-bond acceptors (Lipinski definition) is 5. The Morgan fingerprint density at radius 3 is 2.88 bits per heavy atom. The number of phenols is 1. The predicted octanol–water partition coefficient (Wildman–Crippen LogP) is 1.80. The topological polar surface area (TPSA) is 74.3 Å². The number of phenolic OH excluding ortho intramolecular Hbond substituents is 1. The number of methoxy groups -OCH3 is 1. The van der Waals surface area contributed by atoms with Crippen LogP contribution in [-0.2, 0) is 11.3 Å². The van der Waals surface area contributed by atoms with Crippen LogP contribution in [0.4, 0.5) is 4.79 Å². The summed E-state index contributed by atoms with van der Waals surface area (Å²) in [5.41, 5.74) is 0.898. The number of carbonyl (C=O) groups is 1. The first-order chi connectivity index (χ1) is 12.7. The van der Waals surface area contributed by atoms with E-state index in [1.54, 1.807) is 18.2 Å². The highest BCUT2D eigenvalue weighted by atomic mass is 16.5. The minimum Gasteiger partial charge on any atom is -0.504 e. The van der Waals surface area contributed by atoms with Gasteiger partial charge in [0.15, 0.2) is 11.5 Å². The molecule has 2 heterocycles. The van der Waals surface area contributed by atoms with Crippen molar-refractivity contribution < 1.29 is 19.4 Å². The van der Waals surface area contributed by atoms with E-state index < -0.39 is 0 Å². The number of aromatic hydroxyl groups is 1. The molecular formula is C19H29N3O4. The monoisotopic (exact) mass is 363 g/mol. The number of urea groups is 1. The third kappa shape index (κ3) is 4.80. The van der Waals surface area contributed by atoms with E-state index in [0.717, 1.165) is 57.8 Å². The van der Waals surface area contributed by atoms with Crippen LogP contribution in [0.1, 0.15) is 24.8 Å². The highest BCUT2D eigenvalue weighted by Crippen LogP contribution is 2.26. The molecule has 1 aromatic carbocycles. The Bertz CT molecular complexity index is 604. The van der Waals surface area contributed by atoms with Crippen LogP contribution in [0.25, 0.3) is 0 Å². The normalized spacial score (nSPS) is 21.4. The van der Waals surface area contributed by atoms with E-state index in [-0.39, 0.29) is 17.8 Å². The summed E-state index contributed by atoms with van der Waals surface area (Å²) < 4.78 is 10.5. The Morgan fingerprint density at radius 1 is 1.31 bits per heavy atom. The van der Waals surface area contributed by atoms with Crippen molar-refractivity contribution in [2.75, 3.05) is 46.5 Å². The first kappa shape index (κ1) is 18.8. The van der Waals surface area contributed by atoms with Gasteiger partial charge >= 0.3 is 6.03 Å². The molecule has 2 aliphatic rings. The number of benzene rings is 1. The molecule has 26 heavy (non-hydrogen) atoms. The Labute approximate surface area is 154 Å². The molecule has 0 bridgehead atoms. The summed E-state index contributed by atoms with van der Waals surface area (Å²) in [4.78, 5) is 17.1. The number of carbonyl (C=O) groups excluding carboxylic acids is 1. The zero-order chi connectivity index (χ0) is 18.4. The maximum Gasteiger partial charge on any atom is 0.317 e. The van der Waals surface area contributed by atoms with Crippen LogP contribution in [0.5, 0.6) is 11.5 Å². The summed E-state index contributed by atoms with van der Waals surface area (Å²) in [5.74, 6) is 0.518. The van der Waals surface area contributed by atoms with Gasteiger partial charge in [-0.25, -0.2) is 4.79 Å². The maximum atomic E-state index is 12.7. The summed E-state index contributed by atoms with van der Waals surface area (Å²) in [6, 6.07) is 5.37. The minimum absolute atomic E-state index is 0.0185. The Morgan fingerprint density at radius 2 is 2.12 bits per heavy atom. The third-order valence-corrected chi connectivity index (χ3v) is 5.15. The van der Waals surface area contributed by atoms with Crippen molar-refractivity contribution in [2.45, 2.75) is 31.8 Å². The summed E-state index contributed by atoms with van der Waals surface area (Å²) in [6.45, 7) is 5.58. The number of rotatable bonds is 5. The standard InChI is InChI=1S/C19H29N3O4/c1-25-18-12-15(5-6-17(18)23)13-20-19(24)22-7-3-2-4-16(22)14-21-8-10-26-11-9-21/h5-6,12,16,23H,2-4,7-11,13-14H2,1H3,(H,20,24)/t16-/m0/s1. The zero-order valence-corrected chi connectivity index (χ0v) is 15.4. The van der Waals surface area contributed by atoms with Gasteiger partial charge < -0.3 is 24.8 Å². The average molecular weight is 363 g/mol. The Balaban J connectivity index is 1.56. The third-order valence-electron chi connectivity index (χ3n) is 5.15. The molecule has 2 saturated heterocycles. The maximum absolute atomic E-state index is 12.7. The van der Waals surface area contributed by atoms with Gasteiger partial charge in [0.2, 0.25) is 0 Å². The van der Waals surface area contributed by atoms with Crippen LogP contribution < -0.4 is 10.1 Å². The van der Waals surface area contributed by atoms with Gasteiger partial charge in [-0.2, -0.15) is 0 Å². The van der Waals surface area contributed by atoms with E-state index in [1.807, 2.05) is 4.90 Å². The summed E-state index contributed by atoms with van der Waals surface area (Å²) >= 11 is 0. The van der Waals surface area contributed by atoms with Crippen molar-refractivity contribution in [3.05, 3.63) is 23.8 Å². The van der Waals surface area contributed by atoms with Crippen molar-refractivity contribution in [3.63, 3.8) is 0 Å². The van der Waals surface area contributed by atoms with E-state index in [4.69, 9.17) is 9.47 Å². The molecule has 0 aliphatic carbocycles. The Kier molecular flexibility index (Phi) is 6.57. The van der Waals surface area contributed by atoms with Crippen LogP contribution in [-0.4, -0.2) is 73.5 Å². The van der Waals surface area contributed by atoms with E-state index in [1.165, 1.54) is 13.5 Å². The fraction of sp³-hybridized carbons (Fsp3) is 0.632. The number of amides is 2. The average Bonchev–Trinajstić information content (AvgIpc) is 2.68. The molecule has 2 amide bonds. The van der Waals surface area contributed by atoms with Crippen molar-refractivity contribution in [3.8, 4) is 11.5 Å². The second-order valence-corrected chi connectivity index (χ2v) is 6.92. The van der Waals surface area contributed by atoms with Gasteiger partial charge in [-0.1, -0.05) is 6.07 Å². The smallest absolute Gasteiger partial charge is 0.317 e. The van der Waals surface area contributed by atoms with Crippen molar-refractivity contribution >= 4 is 6.03 Å².